The van der Waals surface area contributed by atoms with Crippen LogP contribution in [0.15, 0.2) is 11.6 Å². The zero-order chi connectivity index (χ0) is 16.7. The van der Waals surface area contributed by atoms with Crippen LogP contribution < -0.4 is 0 Å². The fourth-order valence-electron chi connectivity index (χ4n) is 8.53. The van der Waals surface area contributed by atoms with Crippen molar-refractivity contribution in [2.45, 2.75) is 91.9 Å². The lowest BCUT2D eigenvalue weighted by atomic mass is 9.46. The van der Waals surface area contributed by atoms with Crippen LogP contribution in [0.2, 0.25) is 0 Å². The summed E-state index contributed by atoms with van der Waals surface area (Å²) in [6, 6.07) is 0. The number of allylic oxidation sites excluding steroid dienone is 2. The Bertz CT molecular complexity index is 567. The van der Waals surface area contributed by atoms with Gasteiger partial charge in [0.2, 0.25) is 0 Å². The Hall–Kier alpha value is -0.260. The van der Waals surface area contributed by atoms with Gasteiger partial charge in [0.05, 0.1) is 0 Å². The minimum atomic E-state index is 0.568. The summed E-state index contributed by atoms with van der Waals surface area (Å²) in [6.07, 6.45) is 17.7. The molecule has 0 saturated heterocycles. The van der Waals surface area contributed by atoms with E-state index >= 15 is 0 Å². The summed E-state index contributed by atoms with van der Waals surface area (Å²) in [5.41, 5.74) is 3.85. The Kier molecular flexibility index (Phi) is 3.27. The van der Waals surface area contributed by atoms with E-state index in [1.807, 2.05) is 5.57 Å². The Balaban J connectivity index is 1.47. The highest BCUT2D eigenvalue weighted by atomic mass is 14.7. The second-order valence-corrected chi connectivity index (χ2v) is 11.4. The standard InChI is InChI=1S/C24H38/c1-16-9-11-23(3)17(15-16)5-6-18-19-7-8-21(22(2)13-14-22)24(19,4)12-10-20(18)23/h5,16,18-21H,6-15H2,1-4H3/t16?,18-,19-,20-,21+,23-,24-/m0/s1. The third-order valence-electron chi connectivity index (χ3n) is 10.2. The second-order valence-electron chi connectivity index (χ2n) is 11.4. The molecule has 0 nitrogen and oxygen atoms in total. The van der Waals surface area contributed by atoms with Gasteiger partial charge in [-0.1, -0.05) is 39.3 Å². The lowest BCUT2D eigenvalue weighted by molar-refractivity contribution is -0.0542. The maximum atomic E-state index is 2.74. The van der Waals surface area contributed by atoms with Crippen molar-refractivity contribution in [3.8, 4) is 0 Å². The summed E-state index contributed by atoms with van der Waals surface area (Å²) in [7, 11) is 0. The minimum absolute atomic E-state index is 0.568. The topological polar surface area (TPSA) is 0 Å². The summed E-state index contributed by atoms with van der Waals surface area (Å²) in [5.74, 6) is 5.03. The number of hydrogen-bond donors (Lipinski definition) is 0. The van der Waals surface area contributed by atoms with Crippen molar-refractivity contribution in [1.29, 1.82) is 0 Å². The van der Waals surface area contributed by atoms with Crippen LogP contribution >= 0.6 is 0 Å². The SMILES string of the molecule is CC1CC[C@@]2(C)C(=CC[C@H]3[C@@H]4CC[C@H](C5(C)CC5)[C@@]4(C)CC[C@@H]32)C1. The quantitative estimate of drug-likeness (QED) is 0.455. The molecule has 5 rings (SSSR count). The van der Waals surface area contributed by atoms with Crippen LogP contribution in [0.1, 0.15) is 91.9 Å². The highest BCUT2D eigenvalue weighted by molar-refractivity contribution is 5.25. The van der Waals surface area contributed by atoms with Gasteiger partial charge >= 0.3 is 0 Å². The zero-order valence-electron chi connectivity index (χ0n) is 16.5. The van der Waals surface area contributed by atoms with E-state index in [4.69, 9.17) is 0 Å². The predicted molar refractivity (Wildman–Crippen MR) is 102 cm³/mol. The average Bonchev–Trinajstić information content (AvgIpc) is 3.17. The molecule has 0 bridgehead atoms. The molecule has 7 atom stereocenters. The Morgan fingerprint density at radius 1 is 0.875 bits per heavy atom. The molecule has 4 fully saturated rings. The molecule has 0 aromatic carbocycles. The molecule has 134 valence electrons. The molecule has 5 aliphatic rings. The second kappa shape index (κ2) is 4.92. The van der Waals surface area contributed by atoms with E-state index in [2.05, 4.69) is 33.8 Å². The third-order valence-corrected chi connectivity index (χ3v) is 10.2. The summed E-state index contributed by atoms with van der Waals surface area (Å²) in [5, 5.41) is 0. The first-order valence-corrected chi connectivity index (χ1v) is 11.1. The average molecular weight is 327 g/mol. The molecule has 0 spiro atoms. The first-order chi connectivity index (χ1) is 11.4. The number of hydrogen-bond acceptors (Lipinski definition) is 0. The van der Waals surface area contributed by atoms with E-state index in [1.54, 1.807) is 12.8 Å². The molecule has 0 N–H and O–H groups in total. The van der Waals surface area contributed by atoms with E-state index in [0.29, 0.717) is 10.8 Å². The van der Waals surface area contributed by atoms with Crippen LogP contribution in [0.5, 0.6) is 0 Å². The predicted octanol–water partition coefficient (Wildman–Crippen LogP) is 7.00. The van der Waals surface area contributed by atoms with Gasteiger partial charge in [-0.25, -0.2) is 0 Å². The van der Waals surface area contributed by atoms with E-state index in [1.165, 1.54) is 51.4 Å². The lowest BCUT2D eigenvalue weighted by Gasteiger charge is -2.58. The monoisotopic (exact) mass is 326 g/mol. The number of rotatable bonds is 1. The molecular formula is C24H38. The van der Waals surface area contributed by atoms with Crippen LogP contribution in [0.3, 0.4) is 0 Å². The van der Waals surface area contributed by atoms with Gasteiger partial charge in [-0.2, -0.15) is 0 Å². The molecule has 1 unspecified atom stereocenters. The Morgan fingerprint density at radius 2 is 1.67 bits per heavy atom. The molecule has 0 radical (unpaired) electrons. The fourth-order valence-corrected chi connectivity index (χ4v) is 8.53. The van der Waals surface area contributed by atoms with Gasteiger partial charge in [0.25, 0.3) is 0 Å². The van der Waals surface area contributed by atoms with Crippen molar-refractivity contribution in [3.63, 3.8) is 0 Å². The molecule has 0 heterocycles. The fraction of sp³-hybridized carbons (Fsp3) is 0.917. The van der Waals surface area contributed by atoms with Crippen LogP contribution in [-0.2, 0) is 0 Å². The number of fused-ring (bicyclic) bond motifs is 5. The molecule has 0 aromatic rings. The molecule has 24 heavy (non-hydrogen) atoms. The van der Waals surface area contributed by atoms with Crippen molar-refractivity contribution < 1.29 is 0 Å². The first-order valence-electron chi connectivity index (χ1n) is 11.1. The zero-order valence-corrected chi connectivity index (χ0v) is 16.5. The van der Waals surface area contributed by atoms with Crippen molar-refractivity contribution in [2.75, 3.05) is 0 Å². The summed E-state index contributed by atoms with van der Waals surface area (Å²) in [6.45, 7) is 10.5. The Morgan fingerprint density at radius 3 is 2.42 bits per heavy atom. The van der Waals surface area contributed by atoms with Gasteiger partial charge in [-0.15, -0.1) is 0 Å². The van der Waals surface area contributed by atoms with Gasteiger partial charge in [-0.05, 0) is 110 Å². The van der Waals surface area contributed by atoms with Gasteiger partial charge < -0.3 is 0 Å². The van der Waals surface area contributed by atoms with Crippen LogP contribution in [0, 0.1) is 45.8 Å². The highest BCUT2D eigenvalue weighted by Gasteiger charge is 2.63. The van der Waals surface area contributed by atoms with E-state index in [9.17, 15) is 0 Å². The third kappa shape index (κ3) is 1.98. The maximum Gasteiger partial charge on any atom is -0.00851 e. The van der Waals surface area contributed by atoms with Gasteiger partial charge in [0.15, 0.2) is 0 Å². The van der Waals surface area contributed by atoms with Crippen molar-refractivity contribution in [3.05, 3.63) is 11.6 Å². The molecule has 4 saturated carbocycles. The van der Waals surface area contributed by atoms with Crippen LogP contribution in [0.4, 0.5) is 0 Å². The van der Waals surface area contributed by atoms with Crippen LogP contribution in [-0.4, -0.2) is 0 Å². The van der Waals surface area contributed by atoms with E-state index < -0.39 is 0 Å². The summed E-state index contributed by atoms with van der Waals surface area (Å²) >= 11 is 0. The summed E-state index contributed by atoms with van der Waals surface area (Å²) < 4.78 is 0. The Labute approximate surface area is 149 Å². The minimum Gasteiger partial charge on any atom is -0.0845 e. The first kappa shape index (κ1) is 16.0. The van der Waals surface area contributed by atoms with Gasteiger partial charge in [-0.3, -0.25) is 0 Å². The molecule has 5 aliphatic carbocycles. The van der Waals surface area contributed by atoms with Crippen molar-refractivity contribution >= 4 is 0 Å². The molecule has 0 aliphatic heterocycles. The van der Waals surface area contributed by atoms with E-state index in [0.717, 1.165) is 35.0 Å². The van der Waals surface area contributed by atoms with Gasteiger partial charge in [0, 0.05) is 0 Å². The highest BCUT2D eigenvalue weighted by Crippen LogP contribution is 2.71. The van der Waals surface area contributed by atoms with Crippen LogP contribution in [0.25, 0.3) is 0 Å². The van der Waals surface area contributed by atoms with Crippen molar-refractivity contribution in [2.24, 2.45) is 45.8 Å². The summed E-state index contributed by atoms with van der Waals surface area (Å²) in [4.78, 5) is 0. The molecule has 0 heteroatoms. The molecular weight excluding hydrogens is 288 g/mol. The lowest BCUT2D eigenvalue weighted by Crippen LogP contribution is -2.50. The largest absolute Gasteiger partial charge is 0.0845 e. The van der Waals surface area contributed by atoms with Gasteiger partial charge in [0.1, 0.15) is 0 Å². The normalized spacial score (nSPS) is 55.2. The smallest absolute Gasteiger partial charge is 0.00851 e. The van der Waals surface area contributed by atoms with E-state index in [-0.39, 0.29) is 0 Å². The molecule has 0 amide bonds. The van der Waals surface area contributed by atoms with Crippen molar-refractivity contribution in [1.82, 2.24) is 0 Å². The maximum absolute atomic E-state index is 2.74. The molecule has 0 aromatic heterocycles.